The molecular weight excluding hydrogens is 290 g/mol. The van der Waals surface area contributed by atoms with Crippen molar-refractivity contribution in [3.05, 3.63) is 65.2 Å². The summed E-state index contributed by atoms with van der Waals surface area (Å²) in [6.07, 6.45) is 10.8. The summed E-state index contributed by atoms with van der Waals surface area (Å²) < 4.78 is 0. The quantitative estimate of drug-likeness (QED) is 0.375. The van der Waals surface area contributed by atoms with Crippen LogP contribution >= 0.6 is 0 Å². The number of benzene rings is 2. The van der Waals surface area contributed by atoms with Gasteiger partial charge in [-0.3, -0.25) is 0 Å². The van der Waals surface area contributed by atoms with Gasteiger partial charge in [0.2, 0.25) is 0 Å². The molecule has 0 fully saturated rings. The first kappa shape index (κ1) is 18.6. The first-order valence-corrected chi connectivity index (χ1v) is 9.62. The monoisotopic (exact) mass is 323 g/mol. The molecule has 0 amide bonds. The molecule has 0 heterocycles. The Morgan fingerprint density at radius 2 is 1.21 bits per heavy atom. The predicted molar refractivity (Wildman–Crippen MR) is 106 cm³/mol. The number of unbranched alkanes of at least 4 members (excludes halogenated alkanes) is 6. The fourth-order valence-corrected chi connectivity index (χ4v) is 3.36. The molecule has 0 aliphatic carbocycles. The zero-order valence-corrected chi connectivity index (χ0v) is 15.4. The normalized spacial score (nSPS) is 12.2. The Hall–Kier alpha value is -1.76. The van der Waals surface area contributed by atoms with Gasteiger partial charge in [0.1, 0.15) is 0 Å². The van der Waals surface area contributed by atoms with Gasteiger partial charge in [0.15, 0.2) is 0 Å². The predicted octanol–water partition coefficient (Wildman–Crippen LogP) is 6.85. The van der Waals surface area contributed by atoms with Gasteiger partial charge in [-0.05, 0) is 36.6 Å². The molecule has 0 saturated carbocycles. The van der Waals surface area contributed by atoms with E-state index >= 15 is 0 Å². The lowest BCUT2D eigenvalue weighted by Crippen LogP contribution is -2.02. The molecule has 2 aromatic rings. The number of rotatable bonds is 10. The van der Waals surface area contributed by atoms with Crippen molar-refractivity contribution in [1.29, 1.82) is 0 Å². The number of hydrogen-bond acceptors (Lipinski definition) is 1. The second kappa shape index (κ2) is 10.2. The molecule has 0 aromatic heterocycles. The highest BCUT2D eigenvalue weighted by atomic mass is 14.5. The van der Waals surface area contributed by atoms with E-state index < -0.39 is 0 Å². The highest BCUT2D eigenvalue weighted by Gasteiger charge is 2.13. The lowest BCUT2D eigenvalue weighted by Gasteiger charge is -2.19. The summed E-state index contributed by atoms with van der Waals surface area (Å²) in [5, 5.41) is 0. The van der Waals surface area contributed by atoms with E-state index in [1.54, 1.807) is 0 Å². The Bertz CT molecular complexity index is 522. The van der Waals surface area contributed by atoms with Gasteiger partial charge in [-0.2, -0.15) is 0 Å². The number of anilines is 1. The van der Waals surface area contributed by atoms with Gasteiger partial charge < -0.3 is 5.73 Å². The maximum atomic E-state index is 5.86. The van der Waals surface area contributed by atoms with Crippen molar-refractivity contribution in [3.8, 4) is 0 Å². The van der Waals surface area contributed by atoms with Gasteiger partial charge >= 0.3 is 0 Å². The van der Waals surface area contributed by atoms with Crippen LogP contribution in [0.2, 0.25) is 0 Å². The van der Waals surface area contributed by atoms with Crippen LogP contribution in [0.25, 0.3) is 0 Å². The molecule has 0 aliphatic heterocycles. The first-order valence-electron chi connectivity index (χ1n) is 9.62. The Balaban J connectivity index is 1.96. The van der Waals surface area contributed by atoms with E-state index in [1.165, 1.54) is 68.1 Å². The smallest absolute Gasteiger partial charge is 0.0314 e. The number of nitrogens with two attached hydrogens (primary N) is 1. The molecule has 1 nitrogen and oxygen atoms in total. The van der Waals surface area contributed by atoms with Crippen LogP contribution in [0, 0.1) is 6.92 Å². The first-order chi connectivity index (χ1) is 11.7. The largest absolute Gasteiger partial charge is 0.399 e. The fraction of sp³-hybridized carbons (Fsp3) is 0.478. The molecule has 130 valence electrons. The standard InChI is InChI=1S/C23H33N/c1-3-4-5-6-7-8-9-10-23(20-13-11-19(2)12-14-20)21-15-17-22(24)18-16-21/h11-18,23H,3-10,24H2,1-2H3. The molecule has 2 aromatic carbocycles. The molecule has 2 N–H and O–H groups in total. The van der Waals surface area contributed by atoms with E-state index in [1.807, 2.05) is 12.1 Å². The Morgan fingerprint density at radius 1 is 0.708 bits per heavy atom. The summed E-state index contributed by atoms with van der Waals surface area (Å²) in [7, 11) is 0. The van der Waals surface area contributed by atoms with Crippen LogP contribution in [0.4, 0.5) is 5.69 Å². The molecule has 1 atom stereocenters. The molecule has 0 spiro atoms. The SMILES string of the molecule is CCCCCCCCCC(c1ccc(C)cc1)c1ccc(N)cc1. The maximum Gasteiger partial charge on any atom is 0.0314 e. The van der Waals surface area contributed by atoms with E-state index in [2.05, 4.69) is 50.2 Å². The molecule has 0 radical (unpaired) electrons. The minimum absolute atomic E-state index is 0.488. The van der Waals surface area contributed by atoms with Gasteiger partial charge in [-0.25, -0.2) is 0 Å². The van der Waals surface area contributed by atoms with E-state index in [9.17, 15) is 0 Å². The van der Waals surface area contributed by atoms with Crippen LogP contribution < -0.4 is 5.73 Å². The van der Waals surface area contributed by atoms with Crippen LogP contribution in [0.3, 0.4) is 0 Å². The van der Waals surface area contributed by atoms with E-state index in [-0.39, 0.29) is 0 Å². The molecule has 0 aliphatic rings. The molecule has 24 heavy (non-hydrogen) atoms. The molecule has 1 unspecified atom stereocenters. The molecule has 2 rings (SSSR count). The summed E-state index contributed by atoms with van der Waals surface area (Å²) in [6.45, 7) is 4.43. The van der Waals surface area contributed by atoms with Crippen molar-refractivity contribution in [1.82, 2.24) is 0 Å². The molecule has 0 saturated heterocycles. The third-order valence-corrected chi connectivity index (χ3v) is 4.91. The lowest BCUT2D eigenvalue weighted by molar-refractivity contribution is 0.559. The van der Waals surface area contributed by atoms with Gasteiger partial charge in [0, 0.05) is 11.6 Å². The summed E-state index contributed by atoms with van der Waals surface area (Å²) in [4.78, 5) is 0. The average Bonchev–Trinajstić information content (AvgIpc) is 2.60. The summed E-state index contributed by atoms with van der Waals surface area (Å²) in [5.41, 5.74) is 10.8. The Labute approximate surface area is 148 Å². The van der Waals surface area contributed by atoms with Gasteiger partial charge in [-0.15, -0.1) is 0 Å². The zero-order chi connectivity index (χ0) is 17.2. The average molecular weight is 324 g/mol. The molecule has 1 heteroatoms. The molecular formula is C23H33N. The summed E-state index contributed by atoms with van der Waals surface area (Å²) in [5.74, 6) is 0.488. The van der Waals surface area contributed by atoms with E-state index in [0.29, 0.717) is 5.92 Å². The topological polar surface area (TPSA) is 26.0 Å². The summed E-state index contributed by atoms with van der Waals surface area (Å²) >= 11 is 0. The van der Waals surface area contributed by atoms with Crippen molar-refractivity contribution in [2.75, 3.05) is 5.73 Å². The third-order valence-electron chi connectivity index (χ3n) is 4.91. The Kier molecular flexibility index (Phi) is 7.88. The van der Waals surface area contributed by atoms with Gasteiger partial charge in [0.05, 0.1) is 0 Å². The molecule has 0 bridgehead atoms. The second-order valence-corrected chi connectivity index (χ2v) is 7.04. The van der Waals surface area contributed by atoms with Crippen molar-refractivity contribution >= 4 is 5.69 Å². The van der Waals surface area contributed by atoms with Crippen LogP contribution in [0.1, 0.15) is 80.9 Å². The van der Waals surface area contributed by atoms with Crippen molar-refractivity contribution in [2.45, 2.75) is 71.1 Å². The Morgan fingerprint density at radius 3 is 1.79 bits per heavy atom. The second-order valence-electron chi connectivity index (χ2n) is 7.04. The fourth-order valence-electron chi connectivity index (χ4n) is 3.36. The van der Waals surface area contributed by atoms with Crippen LogP contribution in [0.5, 0.6) is 0 Å². The zero-order valence-electron chi connectivity index (χ0n) is 15.4. The van der Waals surface area contributed by atoms with Crippen molar-refractivity contribution < 1.29 is 0 Å². The van der Waals surface area contributed by atoms with E-state index in [0.717, 1.165) is 5.69 Å². The lowest BCUT2D eigenvalue weighted by atomic mass is 9.86. The van der Waals surface area contributed by atoms with Crippen LogP contribution in [0.15, 0.2) is 48.5 Å². The minimum atomic E-state index is 0.488. The summed E-state index contributed by atoms with van der Waals surface area (Å²) in [6, 6.07) is 17.5. The van der Waals surface area contributed by atoms with Crippen molar-refractivity contribution in [2.24, 2.45) is 0 Å². The highest BCUT2D eigenvalue weighted by Crippen LogP contribution is 2.31. The van der Waals surface area contributed by atoms with Crippen LogP contribution in [-0.2, 0) is 0 Å². The van der Waals surface area contributed by atoms with Crippen molar-refractivity contribution in [3.63, 3.8) is 0 Å². The third kappa shape index (κ3) is 6.03. The maximum absolute atomic E-state index is 5.86. The number of aryl methyl sites for hydroxylation is 1. The highest BCUT2D eigenvalue weighted by molar-refractivity contribution is 5.43. The van der Waals surface area contributed by atoms with Crippen LogP contribution in [-0.4, -0.2) is 0 Å². The van der Waals surface area contributed by atoms with Gasteiger partial charge in [0.25, 0.3) is 0 Å². The van der Waals surface area contributed by atoms with Gasteiger partial charge in [-0.1, -0.05) is 93.8 Å². The van der Waals surface area contributed by atoms with E-state index in [4.69, 9.17) is 5.73 Å². The minimum Gasteiger partial charge on any atom is -0.399 e. The number of hydrogen-bond donors (Lipinski definition) is 1. The number of nitrogen functional groups attached to an aromatic ring is 1.